The number of piperidine rings is 1. The summed E-state index contributed by atoms with van der Waals surface area (Å²) in [7, 11) is -3.63. The van der Waals surface area contributed by atoms with E-state index in [-0.39, 0.29) is 36.2 Å². The number of carbonyl (C=O) groups is 2. The molecular weight excluding hydrogens is 402 g/mol. The van der Waals surface area contributed by atoms with E-state index in [1.54, 1.807) is 11.0 Å². The fraction of sp³-hybridized carbons (Fsp3) is 0.789. The van der Waals surface area contributed by atoms with Gasteiger partial charge in [0.2, 0.25) is 21.8 Å². The SMILES string of the molecule is CC(C)C1C(=O)N(S(C)(=O)=O)[C@@H]2CCN(C(=O)/C=C/CN3CCCCC3)[C@@H]12.[Cl-]. The minimum absolute atomic E-state index is 0. The van der Waals surface area contributed by atoms with Crippen molar-refractivity contribution in [2.45, 2.75) is 51.6 Å². The first-order chi connectivity index (χ1) is 12.7. The molecule has 1 unspecified atom stereocenters. The number of nitrogens with zero attached hydrogens (tertiary/aromatic N) is 3. The van der Waals surface area contributed by atoms with Crippen molar-refractivity contribution in [1.82, 2.24) is 14.1 Å². The van der Waals surface area contributed by atoms with Crippen LogP contribution in [0.3, 0.4) is 0 Å². The highest BCUT2D eigenvalue weighted by molar-refractivity contribution is 7.88. The van der Waals surface area contributed by atoms with Gasteiger partial charge in [0.15, 0.2) is 0 Å². The number of likely N-dealkylation sites (tertiary alicyclic amines) is 2. The van der Waals surface area contributed by atoms with Crippen molar-refractivity contribution < 1.29 is 30.4 Å². The molecule has 0 bridgehead atoms. The van der Waals surface area contributed by atoms with Crippen LogP contribution in [0.1, 0.15) is 39.5 Å². The molecule has 3 saturated heterocycles. The van der Waals surface area contributed by atoms with Gasteiger partial charge < -0.3 is 17.3 Å². The number of fused-ring (bicyclic) bond motifs is 1. The molecule has 0 N–H and O–H groups in total. The molecule has 160 valence electrons. The molecule has 3 aliphatic rings. The minimum atomic E-state index is -3.63. The molecular formula is C19H31ClN3O4S-. The molecule has 3 heterocycles. The van der Waals surface area contributed by atoms with Crippen LogP contribution in [0.4, 0.5) is 0 Å². The highest BCUT2D eigenvalue weighted by Crippen LogP contribution is 2.41. The first-order valence-electron chi connectivity index (χ1n) is 9.94. The van der Waals surface area contributed by atoms with Crippen molar-refractivity contribution in [3.63, 3.8) is 0 Å². The van der Waals surface area contributed by atoms with Crippen molar-refractivity contribution in [3.8, 4) is 0 Å². The van der Waals surface area contributed by atoms with E-state index in [1.807, 2.05) is 19.9 Å². The summed E-state index contributed by atoms with van der Waals surface area (Å²) in [6.45, 7) is 7.22. The van der Waals surface area contributed by atoms with Gasteiger partial charge in [-0.15, -0.1) is 0 Å². The van der Waals surface area contributed by atoms with Crippen molar-refractivity contribution >= 4 is 21.8 Å². The average molecular weight is 433 g/mol. The lowest BCUT2D eigenvalue weighted by Crippen LogP contribution is -3.00. The number of sulfonamides is 1. The van der Waals surface area contributed by atoms with Crippen LogP contribution in [0.25, 0.3) is 0 Å². The highest BCUT2D eigenvalue weighted by atomic mass is 35.5. The molecule has 0 aliphatic carbocycles. The van der Waals surface area contributed by atoms with E-state index < -0.39 is 22.0 Å². The number of halogens is 1. The van der Waals surface area contributed by atoms with E-state index in [2.05, 4.69) is 4.90 Å². The second-order valence-electron chi connectivity index (χ2n) is 8.31. The lowest BCUT2D eigenvalue weighted by Gasteiger charge is -2.28. The zero-order valence-corrected chi connectivity index (χ0v) is 18.5. The van der Waals surface area contributed by atoms with Gasteiger partial charge in [-0.1, -0.05) is 26.3 Å². The van der Waals surface area contributed by atoms with E-state index in [4.69, 9.17) is 0 Å². The molecule has 0 radical (unpaired) electrons. The molecule has 7 nitrogen and oxygen atoms in total. The van der Waals surface area contributed by atoms with Gasteiger partial charge in [-0.3, -0.25) is 14.5 Å². The molecule has 0 aromatic heterocycles. The number of rotatable bonds is 5. The molecule has 0 aromatic carbocycles. The Morgan fingerprint density at radius 1 is 1.18 bits per heavy atom. The predicted molar refractivity (Wildman–Crippen MR) is 103 cm³/mol. The van der Waals surface area contributed by atoms with E-state index in [0.717, 1.165) is 30.2 Å². The Morgan fingerprint density at radius 2 is 1.82 bits per heavy atom. The average Bonchev–Trinajstić information content (AvgIpc) is 3.11. The summed E-state index contributed by atoms with van der Waals surface area (Å²) in [5, 5.41) is 0. The van der Waals surface area contributed by atoms with Crippen LogP contribution in [-0.2, 0) is 19.6 Å². The van der Waals surface area contributed by atoms with Gasteiger partial charge in [-0.05, 0) is 38.3 Å². The first-order valence-corrected chi connectivity index (χ1v) is 11.8. The molecule has 3 atom stereocenters. The lowest BCUT2D eigenvalue weighted by molar-refractivity contribution is -0.131. The summed E-state index contributed by atoms with van der Waals surface area (Å²) < 4.78 is 25.4. The predicted octanol–water partition coefficient (Wildman–Crippen LogP) is -1.92. The fourth-order valence-electron chi connectivity index (χ4n) is 4.83. The largest absolute Gasteiger partial charge is 1.00 e. The maximum absolute atomic E-state index is 12.8. The van der Waals surface area contributed by atoms with Gasteiger partial charge in [0.25, 0.3) is 0 Å². The second kappa shape index (κ2) is 9.13. The molecule has 3 fully saturated rings. The third kappa shape index (κ3) is 4.54. The highest BCUT2D eigenvalue weighted by Gasteiger charge is 2.58. The fourth-order valence-corrected chi connectivity index (χ4v) is 6.00. The summed E-state index contributed by atoms with van der Waals surface area (Å²) in [5.41, 5.74) is 0. The Balaban J connectivity index is 0.00000280. The Morgan fingerprint density at radius 3 is 2.39 bits per heavy atom. The summed E-state index contributed by atoms with van der Waals surface area (Å²) in [5.74, 6) is -0.972. The van der Waals surface area contributed by atoms with Crippen molar-refractivity contribution in [2.75, 3.05) is 32.4 Å². The summed E-state index contributed by atoms with van der Waals surface area (Å²) in [6.07, 6.45) is 8.77. The standard InChI is InChI=1S/C19H31N3O4S.ClH/c1-14(2)17-18-15(22(19(17)24)27(3,25)26)9-13-21(18)16(23)8-7-12-20-10-5-4-6-11-20;/h7-8,14-15,17-18H,4-6,9-13H2,1-3H3;1H/p-1/b8-7+;/t15-,17?,18-;/m1./s1. The Bertz CT molecular complexity index is 719. The van der Waals surface area contributed by atoms with Gasteiger partial charge in [0.1, 0.15) is 0 Å². The molecule has 3 aliphatic heterocycles. The summed E-state index contributed by atoms with van der Waals surface area (Å²) in [4.78, 5) is 29.6. The Hall–Kier alpha value is -1.12. The number of hydrogen-bond donors (Lipinski definition) is 0. The zero-order valence-electron chi connectivity index (χ0n) is 16.9. The lowest BCUT2D eigenvalue weighted by atomic mass is 9.88. The van der Waals surface area contributed by atoms with Crippen LogP contribution in [-0.4, -0.2) is 78.9 Å². The third-order valence-electron chi connectivity index (χ3n) is 6.02. The molecule has 0 saturated carbocycles. The van der Waals surface area contributed by atoms with Crippen molar-refractivity contribution in [3.05, 3.63) is 12.2 Å². The molecule has 0 spiro atoms. The van der Waals surface area contributed by atoms with Crippen molar-refractivity contribution in [1.29, 1.82) is 0 Å². The number of carbonyl (C=O) groups excluding carboxylic acids is 2. The first kappa shape index (κ1) is 23.2. The topological polar surface area (TPSA) is 78.0 Å². The van der Waals surface area contributed by atoms with Crippen LogP contribution >= 0.6 is 0 Å². The Labute approximate surface area is 174 Å². The smallest absolute Gasteiger partial charge is 0.246 e. The van der Waals surface area contributed by atoms with Gasteiger partial charge in [-0.2, -0.15) is 0 Å². The molecule has 3 rings (SSSR count). The van der Waals surface area contributed by atoms with E-state index >= 15 is 0 Å². The summed E-state index contributed by atoms with van der Waals surface area (Å²) >= 11 is 0. The zero-order chi connectivity index (χ0) is 19.8. The van der Waals surface area contributed by atoms with E-state index in [1.165, 1.54) is 19.3 Å². The van der Waals surface area contributed by atoms with Gasteiger partial charge >= 0.3 is 0 Å². The quantitative estimate of drug-likeness (QED) is 0.473. The van der Waals surface area contributed by atoms with E-state index in [9.17, 15) is 18.0 Å². The molecule has 0 aromatic rings. The number of amides is 2. The maximum Gasteiger partial charge on any atom is 0.246 e. The van der Waals surface area contributed by atoms with Gasteiger partial charge in [0, 0.05) is 19.2 Å². The second-order valence-corrected chi connectivity index (χ2v) is 10.2. The number of hydrogen-bond acceptors (Lipinski definition) is 5. The maximum atomic E-state index is 12.8. The normalized spacial score (nSPS) is 28.9. The minimum Gasteiger partial charge on any atom is -1.00 e. The van der Waals surface area contributed by atoms with Crippen LogP contribution in [0, 0.1) is 11.8 Å². The van der Waals surface area contributed by atoms with E-state index in [0.29, 0.717) is 13.0 Å². The molecule has 28 heavy (non-hydrogen) atoms. The Kier molecular flexibility index (Phi) is 7.56. The monoisotopic (exact) mass is 432 g/mol. The molecule has 2 amide bonds. The van der Waals surface area contributed by atoms with Crippen LogP contribution in [0.2, 0.25) is 0 Å². The summed E-state index contributed by atoms with van der Waals surface area (Å²) in [6, 6.07) is -0.793. The third-order valence-corrected chi connectivity index (χ3v) is 7.19. The van der Waals surface area contributed by atoms with Gasteiger partial charge in [-0.25, -0.2) is 12.7 Å². The van der Waals surface area contributed by atoms with Gasteiger partial charge in [0.05, 0.1) is 24.3 Å². The van der Waals surface area contributed by atoms with Crippen LogP contribution < -0.4 is 12.4 Å². The van der Waals surface area contributed by atoms with Crippen LogP contribution in [0.15, 0.2) is 12.2 Å². The van der Waals surface area contributed by atoms with Crippen LogP contribution in [0.5, 0.6) is 0 Å². The molecule has 9 heteroatoms. The van der Waals surface area contributed by atoms with Crippen molar-refractivity contribution in [2.24, 2.45) is 11.8 Å².